The van der Waals surface area contributed by atoms with E-state index in [0.717, 1.165) is 5.56 Å². The van der Waals surface area contributed by atoms with Gasteiger partial charge in [0.1, 0.15) is 18.5 Å². The number of β-amino-alcohol motifs (C(OH)–C–C–N with tert-alkyl or cyclic N) is 1. The smallest absolute Gasteiger partial charge is 0.151 e. The van der Waals surface area contributed by atoms with Crippen LogP contribution >= 0.6 is 24.0 Å². The molecule has 1 aromatic carbocycles. The maximum Gasteiger partial charge on any atom is 0.151 e. The van der Waals surface area contributed by atoms with Crippen molar-refractivity contribution in [2.75, 3.05) is 13.2 Å². The quantitative estimate of drug-likeness (QED) is 0.814. The molecule has 7 heteroatoms. The summed E-state index contributed by atoms with van der Waals surface area (Å²) in [6.45, 7) is 6.81. The van der Waals surface area contributed by atoms with E-state index in [9.17, 15) is 5.11 Å². The van der Waals surface area contributed by atoms with E-state index in [4.69, 9.17) is 16.3 Å². The lowest BCUT2D eigenvalue weighted by Gasteiger charge is -2.23. The SMILES string of the molecule is CC(C)(C)NCC(O)COc1ccccc1-c1ccc(Cl)nn1.Cl. The molecular weight excluding hydrogens is 349 g/mol. The summed E-state index contributed by atoms with van der Waals surface area (Å²) < 4.78 is 5.76. The molecule has 0 bridgehead atoms. The Morgan fingerprint density at radius 1 is 1.17 bits per heavy atom. The summed E-state index contributed by atoms with van der Waals surface area (Å²) in [5.41, 5.74) is 1.44. The maximum atomic E-state index is 10.0. The van der Waals surface area contributed by atoms with Gasteiger partial charge in [-0.2, -0.15) is 0 Å². The van der Waals surface area contributed by atoms with Crippen LogP contribution in [-0.2, 0) is 0 Å². The predicted molar refractivity (Wildman–Crippen MR) is 99.0 cm³/mol. The molecule has 1 unspecified atom stereocenters. The molecular formula is C17H23Cl2N3O2. The van der Waals surface area contributed by atoms with Gasteiger partial charge in [-0.15, -0.1) is 22.6 Å². The fourth-order valence-corrected chi connectivity index (χ4v) is 2.03. The van der Waals surface area contributed by atoms with Crippen molar-refractivity contribution in [3.8, 4) is 17.0 Å². The molecule has 5 nitrogen and oxygen atoms in total. The molecule has 0 radical (unpaired) electrons. The van der Waals surface area contributed by atoms with Crippen molar-refractivity contribution in [2.24, 2.45) is 0 Å². The van der Waals surface area contributed by atoms with E-state index >= 15 is 0 Å². The second-order valence-corrected chi connectivity index (χ2v) is 6.72. The molecule has 2 rings (SSSR count). The Labute approximate surface area is 153 Å². The number of nitrogens with zero attached hydrogens (tertiary/aromatic N) is 2. The molecule has 0 amide bonds. The summed E-state index contributed by atoms with van der Waals surface area (Å²) in [6, 6.07) is 11.0. The summed E-state index contributed by atoms with van der Waals surface area (Å²) in [6.07, 6.45) is -0.599. The van der Waals surface area contributed by atoms with Crippen LogP contribution in [0.4, 0.5) is 0 Å². The van der Waals surface area contributed by atoms with Gasteiger partial charge in [-0.3, -0.25) is 0 Å². The molecule has 0 saturated carbocycles. The van der Waals surface area contributed by atoms with Crippen molar-refractivity contribution in [1.29, 1.82) is 0 Å². The zero-order valence-electron chi connectivity index (χ0n) is 14.0. The summed E-state index contributed by atoms with van der Waals surface area (Å²) >= 11 is 5.77. The molecule has 1 atom stereocenters. The number of hydrogen-bond donors (Lipinski definition) is 2. The first-order chi connectivity index (χ1) is 10.8. The highest BCUT2D eigenvalue weighted by atomic mass is 35.5. The first-order valence-corrected chi connectivity index (χ1v) is 7.87. The minimum atomic E-state index is -0.599. The first-order valence-electron chi connectivity index (χ1n) is 7.50. The lowest BCUT2D eigenvalue weighted by atomic mass is 10.1. The molecule has 0 aliphatic heterocycles. The summed E-state index contributed by atoms with van der Waals surface area (Å²) in [5, 5.41) is 21.5. The van der Waals surface area contributed by atoms with Crippen molar-refractivity contribution in [1.82, 2.24) is 15.5 Å². The molecule has 0 fully saturated rings. The number of aliphatic hydroxyl groups excluding tert-OH is 1. The molecule has 0 aliphatic rings. The van der Waals surface area contributed by atoms with Crippen LogP contribution in [0.5, 0.6) is 5.75 Å². The highest BCUT2D eigenvalue weighted by Crippen LogP contribution is 2.28. The lowest BCUT2D eigenvalue weighted by molar-refractivity contribution is 0.100. The van der Waals surface area contributed by atoms with Crippen molar-refractivity contribution in [3.05, 3.63) is 41.6 Å². The molecule has 0 saturated heterocycles. The van der Waals surface area contributed by atoms with Crippen molar-refractivity contribution in [2.45, 2.75) is 32.4 Å². The van der Waals surface area contributed by atoms with Gasteiger partial charge >= 0.3 is 0 Å². The molecule has 1 heterocycles. The third-order valence-electron chi connectivity index (χ3n) is 3.09. The van der Waals surface area contributed by atoms with E-state index in [1.54, 1.807) is 12.1 Å². The van der Waals surface area contributed by atoms with Crippen LogP contribution in [0, 0.1) is 0 Å². The van der Waals surface area contributed by atoms with Crippen LogP contribution in [0.15, 0.2) is 36.4 Å². The van der Waals surface area contributed by atoms with Gasteiger partial charge in [0, 0.05) is 17.6 Å². The third kappa shape index (κ3) is 6.61. The highest BCUT2D eigenvalue weighted by Gasteiger charge is 2.14. The molecule has 0 aliphatic carbocycles. The Balaban J connectivity index is 0.00000288. The Bertz CT molecular complexity index is 630. The zero-order valence-corrected chi connectivity index (χ0v) is 15.6. The number of halogens is 2. The van der Waals surface area contributed by atoms with Crippen LogP contribution in [-0.4, -0.2) is 40.1 Å². The number of hydrogen-bond acceptors (Lipinski definition) is 5. The Morgan fingerprint density at radius 3 is 2.50 bits per heavy atom. The largest absolute Gasteiger partial charge is 0.490 e. The number of para-hydroxylation sites is 1. The molecule has 2 N–H and O–H groups in total. The van der Waals surface area contributed by atoms with Crippen LogP contribution in [0.3, 0.4) is 0 Å². The summed E-state index contributed by atoms with van der Waals surface area (Å²) in [5.74, 6) is 0.652. The molecule has 24 heavy (non-hydrogen) atoms. The number of rotatable bonds is 6. The average molecular weight is 372 g/mol. The second-order valence-electron chi connectivity index (χ2n) is 6.33. The van der Waals surface area contributed by atoms with Crippen molar-refractivity contribution < 1.29 is 9.84 Å². The highest BCUT2D eigenvalue weighted by molar-refractivity contribution is 6.29. The molecule has 2 aromatic rings. The van der Waals surface area contributed by atoms with Gasteiger partial charge in [-0.25, -0.2) is 0 Å². The monoisotopic (exact) mass is 371 g/mol. The van der Waals surface area contributed by atoms with Crippen LogP contribution in [0.25, 0.3) is 11.3 Å². The summed E-state index contributed by atoms with van der Waals surface area (Å²) in [4.78, 5) is 0. The van der Waals surface area contributed by atoms with Gasteiger partial charge in [-0.05, 0) is 45.0 Å². The van der Waals surface area contributed by atoms with E-state index in [1.807, 2.05) is 24.3 Å². The minimum Gasteiger partial charge on any atom is -0.490 e. The number of ether oxygens (including phenoxy) is 1. The zero-order chi connectivity index (χ0) is 16.9. The van der Waals surface area contributed by atoms with Crippen molar-refractivity contribution >= 4 is 24.0 Å². The van der Waals surface area contributed by atoms with Gasteiger partial charge < -0.3 is 15.2 Å². The van der Waals surface area contributed by atoms with E-state index in [2.05, 4.69) is 36.3 Å². The topological polar surface area (TPSA) is 67.3 Å². The van der Waals surface area contributed by atoms with Gasteiger partial charge in [0.25, 0.3) is 0 Å². The van der Waals surface area contributed by atoms with Crippen molar-refractivity contribution in [3.63, 3.8) is 0 Å². The second kappa shape index (κ2) is 9.18. The van der Waals surface area contributed by atoms with Gasteiger partial charge in [0.15, 0.2) is 5.15 Å². The lowest BCUT2D eigenvalue weighted by Crippen LogP contribution is -2.42. The van der Waals surface area contributed by atoms with Crippen LogP contribution in [0.2, 0.25) is 5.15 Å². The van der Waals surface area contributed by atoms with E-state index in [1.165, 1.54) is 0 Å². The van der Waals surface area contributed by atoms with Crippen LogP contribution in [0.1, 0.15) is 20.8 Å². The van der Waals surface area contributed by atoms with E-state index in [-0.39, 0.29) is 24.6 Å². The molecule has 132 valence electrons. The number of aliphatic hydroxyl groups is 1. The standard InChI is InChI=1S/C17H22ClN3O2.ClH/c1-17(2,3)19-10-12(22)11-23-15-7-5-4-6-13(15)14-8-9-16(18)21-20-14;/h4-9,12,19,22H,10-11H2,1-3H3;1H. The maximum absolute atomic E-state index is 10.0. The third-order valence-corrected chi connectivity index (χ3v) is 3.30. The fraction of sp³-hybridized carbons (Fsp3) is 0.412. The fourth-order valence-electron chi connectivity index (χ4n) is 1.93. The van der Waals surface area contributed by atoms with E-state index in [0.29, 0.717) is 23.1 Å². The number of nitrogens with one attached hydrogen (secondary N) is 1. The Morgan fingerprint density at radius 2 is 1.88 bits per heavy atom. The Kier molecular flexibility index (Phi) is 7.90. The normalized spacial score (nSPS) is 12.4. The molecule has 1 aromatic heterocycles. The number of aromatic nitrogens is 2. The summed E-state index contributed by atoms with van der Waals surface area (Å²) in [7, 11) is 0. The molecule has 0 spiro atoms. The van der Waals surface area contributed by atoms with E-state index < -0.39 is 6.10 Å². The predicted octanol–water partition coefficient (Wildman–Crippen LogP) is 3.35. The van der Waals surface area contributed by atoms with Gasteiger partial charge in [0.2, 0.25) is 0 Å². The average Bonchev–Trinajstić information content (AvgIpc) is 2.51. The first kappa shape index (κ1) is 20.6. The minimum absolute atomic E-state index is 0. The number of benzene rings is 1. The Hall–Kier alpha value is -1.40. The van der Waals surface area contributed by atoms with Gasteiger partial charge in [-0.1, -0.05) is 23.7 Å². The van der Waals surface area contributed by atoms with Gasteiger partial charge in [0.05, 0.1) is 5.69 Å². The van der Waals surface area contributed by atoms with Crippen LogP contribution < -0.4 is 10.1 Å².